The molecule has 4 unspecified atom stereocenters. The van der Waals surface area contributed by atoms with Gasteiger partial charge in [-0.05, 0) is 0 Å². The van der Waals surface area contributed by atoms with E-state index in [1.54, 1.807) is 6.33 Å². The molecule has 0 N–H and O–H groups in total. The summed E-state index contributed by atoms with van der Waals surface area (Å²) < 4.78 is 21.7. The SMILES string of the molecule is [3H]C1C[C@@H](n2cnc([C](Cl)=[W])c2N=[CH-])[C@H](OP)[C@@H]1OPP. The van der Waals surface area contributed by atoms with Crippen molar-refractivity contribution >= 4 is 54.4 Å². The molecule has 0 saturated heterocycles. The van der Waals surface area contributed by atoms with Crippen LogP contribution in [0, 0.1) is 0 Å². The summed E-state index contributed by atoms with van der Waals surface area (Å²) >= 11 is 7.14. The van der Waals surface area contributed by atoms with Crippen LogP contribution in [0.15, 0.2) is 11.3 Å². The Kier molecular flexibility index (Phi) is 6.31. The third-order valence-electron chi connectivity index (χ3n) is 3.11. The van der Waals surface area contributed by atoms with E-state index in [9.17, 15) is 0 Å². The zero-order chi connectivity index (χ0) is 15.6. The number of rotatable bonds is 6. The fraction of sp³-hybridized carbons (Fsp3) is 0.500. The standard InChI is InChI=1S/C10H14ClN3O2P3.W/c1-12-10-6(4-11)13-5-14(10)7-2-3-8(16-19-18)9(7)15-17;/h1,5,7-9,19H,2-3,17-18H2;/q-1;/t7-,8-,9+;/m1./s1/i3T;/t3?,7-,8-,9+;. The van der Waals surface area contributed by atoms with Crippen molar-refractivity contribution in [3.63, 3.8) is 0 Å². The van der Waals surface area contributed by atoms with Crippen LogP contribution in [0.3, 0.4) is 0 Å². The van der Waals surface area contributed by atoms with Crippen molar-refractivity contribution in [3.8, 4) is 0 Å². The number of hydrogen-bond donors (Lipinski definition) is 0. The van der Waals surface area contributed by atoms with Gasteiger partial charge in [-0.15, -0.1) is 0 Å². The van der Waals surface area contributed by atoms with Gasteiger partial charge in [-0.2, -0.15) is 0 Å². The van der Waals surface area contributed by atoms with Gasteiger partial charge in [0.1, 0.15) is 0 Å². The van der Waals surface area contributed by atoms with Crippen LogP contribution in [-0.4, -0.2) is 31.8 Å². The van der Waals surface area contributed by atoms with Crippen molar-refractivity contribution in [1.82, 2.24) is 9.55 Å². The average Bonchev–Trinajstić information content (AvgIpc) is 3.00. The second kappa shape index (κ2) is 7.98. The van der Waals surface area contributed by atoms with Gasteiger partial charge in [0.25, 0.3) is 0 Å². The van der Waals surface area contributed by atoms with Gasteiger partial charge < -0.3 is 0 Å². The molecule has 1 aromatic rings. The molecule has 0 spiro atoms. The molecule has 1 aliphatic carbocycles. The van der Waals surface area contributed by atoms with Gasteiger partial charge >= 0.3 is 142 Å². The Balaban J connectivity index is 2.37. The van der Waals surface area contributed by atoms with Crippen LogP contribution in [0.4, 0.5) is 5.82 Å². The van der Waals surface area contributed by atoms with E-state index in [1.165, 1.54) is 0 Å². The second-order valence-corrected chi connectivity index (χ2v) is 8.26. The third-order valence-corrected chi connectivity index (χ3v) is 5.11. The summed E-state index contributed by atoms with van der Waals surface area (Å²) in [5.41, 5.74) is 0.579. The first-order chi connectivity index (χ1) is 10.0. The predicted molar refractivity (Wildman–Crippen MR) is 86.1 cm³/mol. The maximum absolute atomic E-state index is 8.18. The van der Waals surface area contributed by atoms with Crippen LogP contribution in [0.5, 0.6) is 0 Å². The Labute approximate surface area is 141 Å². The first-order valence-corrected chi connectivity index (χ1v) is 10.6. The number of aromatic nitrogens is 2. The quantitative estimate of drug-likeness (QED) is 0.328. The third kappa shape index (κ3) is 3.46. The second-order valence-electron chi connectivity index (χ2n) is 4.07. The topological polar surface area (TPSA) is 48.6 Å². The van der Waals surface area contributed by atoms with Gasteiger partial charge in [-0.3, -0.25) is 0 Å². The molecular weight excluding hydrogens is 506 g/mol. The molecule has 1 saturated carbocycles. The minimum absolute atomic E-state index is 0.120. The normalized spacial score (nSPS) is 30.9. The van der Waals surface area contributed by atoms with Gasteiger partial charge in [0.05, 0.1) is 0 Å². The molecule has 10 heteroatoms. The van der Waals surface area contributed by atoms with Crippen molar-refractivity contribution < 1.29 is 29.8 Å². The molecule has 110 valence electrons. The van der Waals surface area contributed by atoms with Gasteiger partial charge in [0, 0.05) is 0 Å². The molecule has 1 heterocycles. The summed E-state index contributed by atoms with van der Waals surface area (Å²) in [5.74, 6) is 0.508. The van der Waals surface area contributed by atoms with E-state index in [-0.39, 0.29) is 33.1 Å². The summed E-state index contributed by atoms with van der Waals surface area (Å²) in [7, 11) is 5.00. The van der Waals surface area contributed by atoms with E-state index in [1.807, 2.05) is 4.57 Å². The first kappa shape index (κ1) is 15.8. The van der Waals surface area contributed by atoms with Crippen molar-refractivity contribution in [2.24, 2.45) is 4.99 Å². The zero-order valence-corrected chi connectivity index (χ0v) is 17.3. The molecule has 2 rings (SSSR count). The number of aliphatic imine (C=N–C) groups is 1. The molecule has 0 aromatic carbocycles. The summed E-state index contributed by atoms with van der Waals surface area (Å²) in [5, 5.41) is 0. The summed E-state index contributed by atoms with van der Waals surface area (Å²) in [6.45, 7) is 5.49. The van der Waals surface area contributed by atoms with E-state index in [4.69, 9.17) is 28.7 Å². The number of imidazole rings is 1. The van der Waals surface area contributed by atoms with Crippen LogP contribution in [-0.2, 0) is 28.4 Å². The van der Waals surface area contributed by atoms with Crippen LogP contribution in [0.2, 0.25) is 0 Å². The van der Waals surface area contributed by atoms with E-state index in [0.717, 1.165) is 19.4 Å². The molecular formula is C10H14ClN3O2P3W-. The summed E-state index contributed by atoms with van der Waals surface area (Å²) in [6.07, 6.45) is 1.26. The summed E-state index contributed by atoms with van der Waals surface area (Å²) in [4.78, 5) is 8.07. The molecule has 1 aromatic heterocycles. The fourth-order valence-electron chi connectivity index (χ4n) is 2.26. The number of nitrogens with zero attached hydrogens (tertiary/aromatic N) is 3. The van der Waals surface area contributed by atoms with Crippen LogP contribution >= 0.6 is 38.5 Å². The van der Waals surface area contributed by atoms with Gasteiger partial charge in [0.15, 0.2) is 0 Å². The predicted octanol–water partition coefficient (Wildman–Crippen LogP) is 2.63. The van der Waals surface area contributed by atoms with Crippen molar-refractivity contribution in [2.75, 3.05) is 0 Å². The van der Waals surface area contributed by atoms with Gasteiger partial charge in [-0.25, -0.2) is 0 Å². The minimum atomic E-state index is -0.378. The molecule has 20 heavy (non-hydrogen) atoms. The number of halogens is 1. The summed E-state index contributed by atoms with van der Waals surface area (Å²) in [6, 6.07) is -0.120. The maximum atomic E-state index is 8.18. The Morgan fingerprint density at radius 1 is 1.80 bits per heavy atom. The first-order valence-electron chi connectivity index (χ1n) is 6.19. The van der Waals surface area contributed by atoms with E-state index in [2.05, 4.69) is 28.4 Å². The van der Waals surface area contributed by atoms with Crippen LogP contribution < -0.4 is 0 Å². The Morgan fingerprint density at radius 2 is 2.55 bits per heavy atom. The van der Waals surface area contributed by atoms with Gasteiger partial charge in [0.2, 0.25) is 0 Å². The molecule has 5 nitrogen and oxygen atoms in total. The molecule has 1 aliphatic rings. The number of hydrogen-bond acceptors (Lipinski definition) is 4. The van der Waals surface area contributed by atoms with Gasteiger partial charge in [-0.1, -0.05) is 0 Å². The van der Waals surface area contributed by atoms with E-state index < -0.39 is 0 Å². The van der Waals surface area contributed by atoms with Crippen molar-refractivity contribution in [2.45, 2.75) is 31.1 Å². The molecule has 1 fully saturated rings. The molecule has 0 bridgehead atoms. The van der Waals surface area contributed by atoms with Crippen molar-refractivity contribution in [1.29, 1.82) is 0 Å². The Bertz CT molecular complexity index is 550. The van der Waals surface area contributed by atoms with Crippen LogP contribution in [0.25, 0.3) is 0 Å². The van der Waals surface area contributed by atoms with E-state index >= 15 is 0 Å². The Hall–Kier alpha value is 0.938. The molecule has 7 atom stereocenters. The molecule has 0 amide bonds. The zero-order valence-electron chi connectivity index (χ0n) is 11.3. The fourth-order valence-corrected chi connectivity index (χ4v) is 4.10. The molecule has 0 aliphatic heterocycles. The molecule has 0 radical (unpaired) electrons. The van der Waals surface area contributed by atoms with E-state index in [0.29, 0.717) is 21.3 Å². The van der Waals surface area contributed by atoms with Crippen LogP contribution in [0.1, 0.15) is 25.9 Å². The average molecular weight is 522 g/mol. The monoisotopic (exact) mass is 522 g/mol. The van der Waals surface area contributed by atoms with Crippen molar-refractivity contribution in [3.05, 3.63) is 12.0 Å². The Morgan fingerprint density at radius 3 is 3.10 bits per heavy atom.